The second kappa shape index (κ2) is 2.23. The smallest absolute Gasteiger partial charge is 0.0147 e. The summed E-state index contributed by atoms with van der Waals surface area (Å²) in [4.78, 5) is 2.68. The number of rotatable bonds is 0. The maximum atomic E-state index is 2.68. The largest absolute Gasteiger partial charge is 0.300 e. The second-order valence-electron chi connectivity index (χ2n) is 4.06. The highest BCUT2D eigenvalue weighted by atomic mass is 15.2. The monoisotopic (exact) mass is 139 g/mol. The van der Waals surface area contributed by atoms with Gasteiger partial charge in [0.2, 0.25) is 0 Å². The molecule has 2 aliphatic heterocycles. The molecular formula is C9H17N. The van der Waals surface area contributed by atoms with Crippen LogP contribution in [0.25, 0.3) is 0 Å². The maximum Gasteiger partial charge on any atom is 0.0147 e. The lowest BCUT2D eigenvalue weighted by Crippen LogP contribution is -2.28. The Bertz CT molecular complexity index is 119. The standard InChI is InChI=1S/C9H17N/c1-7-3-5-10-6-4-8(2)9(7)10/h7-9H,3-6H2,1-2H3. The van der Waals surface area contributed by atoms with E-state index in [-0.39, 0.29) is 0 Å². The fourth-order valence-corrected chi connectivity index (χ4v) is 2.77. The summed E-state index contributed by atoms with van der Waals surface area (Å²) in [7, 11) is 0. The van der Waals surface area contributed by atoms with Crippen molar-refractivity contribution in [3.05, 3.63) is 0 Å². The summed E-state index contributed by atoms with van der Waals surface area (Å²) in [5, 5.41) is 0. The van der Waals surface area contributed by atoms with Crippen LogP contribution in [0.15, 0.2) is 0 Å². The van der Waals surface area contributed by atoms with Crippen LogP contribution in [-0.2, 0) is 0 Å². The van der Waals surface area contributed by atoms with Gasteiger partial charge in [0.05, 0.1) is 0 Å². The predicted octanol–water partition coefficient (Wildman–Crippen LogP) is 1.74. The van der Waals surface area contributed by atoms with E-state index in [1.165, 1.54) is 25.9 Å². The van der Waals surface area contributed by atoms with E-state index >= 15 is 0 Å². The highest BCUT2D eigenvalue weighted by Crippen LogP contribution is 2.35. The van der Waals surface area contributed by atoms with Gasteiger partial charge in [-0.1, -0.05) is 13.8 Å². The minimum Gasteiger partial charge on any atom is -0.300 e. The molecule has 0 radical (unpaired) electrons. The first-order valence-electron chi connectivity index (χ1n) is 4.53. The average Bonchev–Trinajstić information content (AvgIpc) is 2.40. The Morgan fingerprint density at radius 1 is 1.00 bits per heavy atom. The highest BCUT2D eigenvalue weighted by Gasteiger charge is 2.38. The van der Waals surface area contributed by atoms with Crippen molar-refractivity contribution < 1.29 is 0 Å². The van der Waals surface area contributed by atoms with Crippen LogP contribution in [0, 0.1) is 11.8 Å². The van der Waals surface area contributed by atoms with Crippen LogP contribution in [0.5, 0.6) is 0 Å². The van der Waals surface area contributed by atoms with Gasteiger partial charge in [-0.3, -0.25) is 4.90 Å². The molecule has 0 N–H and O–H groups in total. The minimum atomic E-state index is 0.944. The minimum absolute atomic E-state index is 0.944. The van der Waals surface area contributed by atoms with E-state index in [0.717, 1.165) is 17.9 Å². The molecule has 2 heterocycles. The first kappa shape index (κ1) is 6.66. The van der Waals surface area contributed by atoms with Crippen LogP contribution in [0.1, 0.15) is 26.7 Å². The third kappa shape index (κ3) is 0.800. The van der Waals surface area contributed by atoms with Gasteiger partial charge in [-0.2, -0.15) is 0 Å². The molecule has 0 aromatic heterocycles. The molecule has 1 nitrogen and oxygen atoms in total. The van der Waals surface area contributed by atoms with Gasteiger partial charge in [-0.25, -0.2) is 0 Å². The van der Waals surface area contributed by atoms with Crippen LogP contribution in [0.2, 0.25) is 0 Å². The molecule has 0 amide bonds. The molecule has 58 valence electrons. The molecular weight excluding hydrogens is 122 g/mol. The molecule has 0 saturated carbocycles. The van der Waals surface area contributed by atoms with Crippen molar-refractivity contribution in [1.29, 1.82) is 0 Å². The van der Waals surface area contributed by atoms with Gasteiger partial charge in [0, 0.05) is 6.04 Å². The third-order valence-electron chi connectivity index (χ3n) is 3.33. The van der Waals surface area contributed by atoms with E-state index in [1.54, 1.807) is 0 Å². The van der Waals surface area contributed by atoms with Gasteiger partial charge >= 0.3 is 0 Å². The van der Waals surface area contributed by atoms with Gasteiger partial charge in [-0.15, -0.1) is 0 Å². The molecule has 2 unspecified atom stereocenters. The molecule has 0 aliphatic carbocycles. The summed E-state index contributed by atoms with van der Waals surface area (Å²) in [5.41, 5.74) is 0. The number of fused-ring (bicyclic) bond motifs is 1. The lowest BCUT2D eigenvalue weighted by Gasteiger charge is -2.20. The summed E-state index contributed by atoms with van der Waals surface area (Å²) in [6.45, 7) is 7.56. The fraction of sp³-hybridized carbons (Fsp3) is 1.00. The van der Waals surface area contributed by atoms with E-state index in [0.29, 0.717) is 0 Å². The Kier molecular flexibility index (Phi) is 1.48. The van der Waals surface area contributed by atoms with E-state index in [1.807, 2.05) is 0 Å². The maximum absolute atomic E-state index is 2.68. The van der Waals surface area contributed by atoms with Crippen molar-refractivity contribution in [3.63, 3.8) is 0 Å². The van der Waals surface area contributed by atoms with Crippen LogP contribution in [0.4, 0.5) is 0 Å². The lowest BCUT2D eigenvalue weighted by molar-refractivity contribution is 0.265. The van der Waals surface area contributed by atoms with Crippen LogP contribution < -0.4 is 0 Å². The summed E-state index contributed by atoms with van der Waals surface area (Å²) < 4.78 is 0. The Morgan fingerprint density at radius 3 is 1.90 bits per heavy atom. The fourth-order valence-electron chi connectivity index (χ4n) is 2.77. The van der Waals surface area contributed by atoms with Crippen LogP contribution >= 0.6 is 0 Å². The van der Waals surface area contributed by atoms with Crippen molar-refractivity contribution in [2.75, 3.05) is 13.1 Å². The molecule has 2 atom stereocenters. The summed E-state index contributed by atoms with van der Waals surface area (Å²) >= 11 is 0. The Hall–Kier alpha value is -0.0400. The molecule has 10 heavy (non-hydrogen) atoms. The van der Waals surface area contributed by atoms with Crippen LogP contribution in [0.3, 0.4) is 0 Å². The zero-order valence-electron chi connectivity index (χ0n) is 7.01. The van der Waals surface area contributed by atoms with E-state index < -0.39 is 0 Å². The van der Waals surface area contributed by atoms with Crippen LogP contribution in [-0.4, -0.2) is 24.0 Å². The third-order valence-corrected chi connectivity index (χ3v) is 3.33. The molecule has 2 rings (SSSR count). The molecule has 0 aromatic carbocycles. The van der Waals surface area contributed by atoms with E-state index in [9.17, 15) is 0 Å². The highest BCUT2D eigenvalue weighted by molar-refractivity contribution is 4.93. The number of hydrogen-bond donors (Lipinski definition) is 0. The van der Waals surface area contributed by atoms with Gasteiger partial charge in [0.1, 0.15) is 0 Å². The predicted molar refractivity (Wildman–Crippen MR) is 42.9 cm³/mol. The zero-order chi connectivity index (χ0) is 7.14. The van der Waals surface area contributed by atoms with Gasteiger partial charge < -0.3 is 0 Å². The quantitative estimate of drug-likeness (QED) is 0.494. The summed E-state index contributed by atoms with van der Waals surface area (Å²) in [6, 6.07) is 0.944. The average molecular weight is 139 g/mol. The summed E-state index contributed by atoms with van der Waals surface area (Å²) in [6.07, 6.45) is 2.88. The Balaban J connectivity index is 2.11. The molecule has 1 heteroatoms. The lowest BCUT2D eigenvalue weighted by atomic mass is 9.93. The molecule has 0 spiro atoms. The molecule has 2 fully saturated rings. The van der Waals surface area contributed by atoms with Gasteiger partial charge in [0.15, 0.2) is 0 Å². The van der Waals surface area contributed by atoms with Crippen molar-refractivity contribution in [3.8, 4) is 0 Å². The van der Waals surface area contributed by atoms with Crippen molar-refractivity contribution in [2.24, 2.45) is 11.8 Å². The number of nitrogens with zero attached hydrogens (tertiary/aromatic N) is 1. The zero-order valence-corrected chi connectivity index (χ0v) is 7.01. The second-order valence-corrected chi connectivity index (χ2v) is 4.06. The number of hydrogen-bond acceptors (Lipinski definition) is 1. The van der Waals surface area contributed by atoms with Crippen molar-refractivity contribution >= 4 is 0 Å². The first-order chi connectivity index (χ1) is 4.79. The Morgan fingerprint density at radius 2 is 1.50 bits per heavy atom. The molecule has 2 saturated heterocycles. The van der Waals surface area contributed by atoms with E-state index in [2.05, 4.69) is 18.7 Å². The van der Waals surface area contributed by atoms with Crippen molar-refractivity contribution in [1.82, 2.24) is 4.90 Å². The first-order valence-corrected chi connectivity index (χ1v) is 4.53. The van der Waals surface area contributed by atoms with Gasteiger partial charge in [0.25, 0.3) is 0 Å². The molecule has 2 aliphatic rings. The molecule has 0 bridgehead atoms. The summed E-state index contributed by atoms with van der Waals surface area (Å²) in [5.74, 6) is 1.94. The Labute approximate surface area is 63.4 Å². The normalized spacial score (nSPS) is 48.0. The SMILES string of the molecule is CC1CCN2CCC(C)C12. The molecule has 0 aromatic rings. The topological polar surface area (TPSA) is 3.24 Å². The van der Waals surface area contributed by atoms with Crippen molar-refractivity contribution in [2.45, 2.75) is 32.7 Å². The van der Waals surface area contributed by atoms with E-state index in [4.69, 9.17) is 0 Å². The van der Waals surface area contributed by atoms with Gasteiger partial charge in [-0.05, 0) is 37.8 Å².